The molecule has 0 spiro atoms. The number of piperidine rings is 2. The topological polar surface area (TPSA) is 158 Å². The van der Waals surface area contributed by atoms with Gasteiger partial charge in [0.1, 0.15) is 18.2 Å². The summed E-state index contributed by atoms with van der Waals surface area (Å²) in [6, 6.07) is 9.31. The molecule has 3 atom stereocenters. The van der Waals surface area contributed by atoms with Crippen LogP contribution in [0.3, 0.4) is 0 Å². The second-order valence-electron chi connectivity index (χ2n) is 13.5. The monoisotopic (exact) mass is 665 g/mol. The molecule has 0 radical (unpaired) electrons. The zero-order chi connectivity index (χ0) is 33.9. The van der Waals surface area contributed by atoms with Crippen molar-refractivity contribution in [1.82, 2.24) is 36.2 Å². The van der Waals surface area contributed by atoms with Gasteiger partial charge in [0.25, 0.3) is 5.91 Å². The number of aryl methyl sites for hydroxylation is 1. The quantitative estimate of drug-likeness (QED) is 0.311. The Balaban J connectivity index is 1.21. The van der Waals surface area contributed by atoms with Gasteiger partial charge in [-0.1, -0.05) is 35.5 Å². The Kier molecular flexibility index (Phi) is 12.8. The third-order valence-electron chi connectivity index (χ3n) is 9.92. The van der Waals surface area contributed by atoms with Crippen molar-refractivity contribution in [1.29, 1.82) is 0 Å². The molecule has 4 heterocycles. The lowest BCUT2D eigenvalue weighted by molar-refractivity contribution is -0.124. The summed E-state index contributed by atoms with van der Waals surface area (Å²) in [5.74, 6) is -0.637. The predicted octanol–water partition coefficient (Wildman–Crippen LogP) is 2.74. The second-order valence-corrected chi connectivity index (χ2v) is 13.5. The molecule has 3 aliphatic heterocycles. The average Bonchev–Trinajstić information content (AvgIpc) is 3.46. The number of ether oxygens (including phenoxy) is 1. The van der Waals surface area contributed by atoms with Crippen LogP contribution in [0, 0.1) is 18.8 Å². The molecular weight excluding hydrogens is 614 g/mol. The fourth-order valence-corrected chi connectivity index (χ4v) is 6.97. The summed E-state index contributed by atoms with van der Waals surface area (Å²) < 4.78 is 11.0. The maximum Gasteiger partial charge on any atom is 0.410 e. The third-order valence-corrected chi connectivity index (χ3v) is 9.92. The third kappa shape index (κ3) is 10.0. The lowest BCUT2D eigenvalue weighted by atomic mass is 9.81. The number of aromatic nitrogens is 1. The van der Waals surface area contributed by atoms with Gasteiger partial charge < -0.3 is 40.3 Å². The van der Waals surface area contributed by atoms with E-state index in [-0.39, 0.29) is 60.6 Å². The van der Waals surface area contributed by atoms with Crippen LogP contribution in [-0.4, -0.2) is 97.2 Å². The molecule has 0 saturated carbocycles. The molecule has 4 N–H and O–H groups in total. The summed E-state index contributed by atoms with van der Waals surface area (Å²) in [5.41, 5.74) is 1.55. The van der Waals surface area contributed by atoms with Crippen LogP contribution in [0.15, 0.2) is 34.9 Å². The van der Waals surface area contributed by atoms with E-state index in [2.05, 4.69) is 38.4 Å². The number of benzene rings is 1. The van der Waals surface area contributed by atoms with E-state index in [1.54, 1.807) is 11.8 Å². The van der Waals surface area contributed by atoms with Gasteiger partial charge in [-0.2, -0.15) is 0 Å². The van der Waals surface area contributed by atoms with Gasteiger partial charge in [-0.25, -0.2) is 4.79 Å². The zero-order valence-electron chi connectivity index (χ0n) is 28.3. The summed E-state index contributed by atoms with van der Waals surface area (Å²) in [6.45, 7) is 6.18. The van der Waals surface area contributed by atoms with Gasteiger partial charge in [-0.3, -0.25) is 14.4 Å². The summed E-state index contributed by atoms with van der Waals surface area (Å²) in [5, 5.41) is 16.5. The van der Waals surface area contributed by atoms with Crippen molar-refractivity contribution in [2.45, 2.75) is 83.5 Å². The van der Waals surface area contributed by atoms with Crippen LogP contribution in [0.4, 0.5) is 4.79 Å². The van der Waals surface area contributed by atoms with Crippen LogP contribution >= 0.6 is 0 Å². The van der Waals surface area contributed by atoms with Crippen molar-refractivity contribution < 1.29 is 28.4 Å². The maximum atomic E-state index is 13.5. The molecule has 13 heteroatoms. The van der Waals surface area contributed by atoms with Crippen molar-refractivity contribution in [3.05, 3.63) is 52.9 Å². The minimum Gasteiger partial charge on any atom is -0.445 e. The van der Waals surface area contributed by atoms with Gasteiger partial charge in [-0.15, -0.1) is 0 Å². The van der Waals surface area contributed by atoms with Crippen LogP contribution in [0.5, 0.6) is 0 Å². The second kappa shape index (κ2) is 17.4. The van der Waals surface area contributed by atoms with Gasteiger partial charge in [-0.05, 0) is 96.0 Å². The number of nitrogens with zero attached hydrogens (tertiary/aromatic N) is 3. The molecule has 2 saturated heterocycles. The number of carbonyl (C=O) groups is 4. The molecule has 3 aliphatic rings. The number of carbonyl (C=O) groups excluding carboxylic acids is 4. The first-order chi connectivity index (χ1) is 23.3. The molecule has 1 aromatic heterocycles. The number of hydrogen-bond acceptors (Lipinski definition) is 9. The number of amides is 4. The van der Waals surface area contributed by atoms with Gasteiger partial charge in [0.15, 0.2) is 5.76 Å². The van der Waals surface area contributed by atoms with Crippen molar-refractivity contribution in [3.63, 3.8) is 0 Å². The molecule has 1 aromatic carbocycles. The Bertz CT molecular complexity index is 1380. The first kappa shape index (κ1) is 35.3. The minimum absolute atomic E-state index is 0.00811. The fraction of sp³-hybridized carbons (Fsp3) is 0.629. The van der Waals surface area contributed by atoms with E-state index >= 15 is 0 Å². The summed E-state index contributed by atoms with van der Waals surface area (Å²) >= 11 is 0. The number of nitrogens with one attached hydrogen (secondary N) is 4. The van der Waals surface area contributed by atoms with E-state index in [0.717, 1.165) is 50.9 Å². The molecule has 0 bridgehead atoms. The Morgan fingerprint density at radius 3 is 2.60 bits per heavy atom. The molecule has 5 rings (SSSR count). The maximum absolute atomic E-state index is 13.5. The zero-order valence-corrected chi connectivity index (χ0v) is 28.3. The standard InChI is InChI=1S/C35H51N7O6/c1-24-32-30(48-40-24)21-38-31(43)20-26-12-19-42(35(46)47-23-25-8-4-3-5-9-25)22-27(26)11-16-37-33(44)29(39-34(32)45)10-6-7-15-36-28-13-17-41(2)18-14-28/h3-5,8-9,26-29,36H,6-7,10-23H2,1-2H3,(H,37,44)(H,38,43)(H,39,45)/t26-,27-,29-/m0/s1. The Labute approximate surface area is 282 Å². The Hall–Kier alpha value is -3.97. The van der Waals surface area contributed by atoms with Crippen molar-refractivity contribution in [3.8, 4) is 0 Å². The van der Waals surface area contributed by atoms with Crippen molar-refractivity contribution >= 4 is 23.8 Å². The summed E-state index contributed by atoms with van der Waals surface area (Å²) in [6.07, 6.45) is 5.47. The summed E-state index contributed by atoms with van der Waals surface area (Å²) in [4.78, 5) is 57.1. The van der Waals surface area contributed by atoms with E-state index in [0.29, 0.717) is 50.6 Å². The van der Waals surface area contributed by atoms with Crippen LogP contribution in [-0.2, 0) is 27.5 Å². The Morgan fingerprint density at radius 2 is 1.81 bits per heavy atom. The normalized spacial score (nSPS) is 23.5. The highest BCUT2D eigenvalue weighted by atomic mass is 16.6. The smallest absolute Gasteiger partial charge is 0.410 e. The molecule has 13 nitrogen and oxygen atoms in total. The minimum atomic E-state index is -0.741. The van der Waals surface area contributed by atoms with Gasteiger partial charge >= 0.3 is 6.09 Å². The van der Waals surface area contributed by atoms with Gasteiger partial charge in [0.2, 0.25) is 11.8 Å². The van der Waals surface area contributed by atoms with Crippen LogP contribution < -0.4 is 21.3 Å². The lowest BCUT2D eigenvalue weighted by Gasteiger charge is -2.38. The van der Waals surface area contributed by atoms with Crippen LogP contribution in [0.2, 0.25) is 0 Å². The molecule has 4 amide bonds. The van der Waals surface area contributed by atoms with E-state index in [4.69, 9.17) is 9.26 Å². The first-order valence-corrected chi connectivity index (χ1v) is 17.4. The highest BCUT2D eigenvalue weighted by Gasteiger charge is 2.34. The molecule has 2 aromatic rings. The van der Waals surface area contributed by atoms with E-state index in [1.165, 1.54) is 0 Å². The number of rotatable bonds is 8. The van der Waals surface area contributed by atoms with E-state index in [1.807, 2.05) is 30.3 Å². The highest BCUT2D eigenvalue weighted by molar-refractivity contribution is 5.99. The van der Waals surface area contributed by atoms with Crippen molar-refractivity contribution in [2.75, 3.05) is 46.3 Å². The van der Waals surface area contributed by atoms with Crippen molar-refractivity contribution in [2.24, 2.45) is 11.8 Å². The Morgan fingerprint density at radius 1 is 1.02 bits per heavy atom. The van der Waals surface area contributed by atoms with Crippen LogP contribution in [0.1, 0.15) is 78.7 Å². The van der Waals surface area contributed by atoms with Crippen LogP contribution in [0.25, 0.3) is 0 Å². The number of fused-ring (bicyclic) bond motifs is 2. The van der Waals surface area contributed by atoms with Gasteiger partial charge in [0.05, 0.1) is 12.2 Å². The first-order valence-electron chi connectivity index (χ1n) is 17.4. The molecular formula is C35H51N7O6. The largest absolute Gasteiger partial charge is 0.445 e. The molecule has 0 aliphatic carbocycles. The van der Waals surface area contributed by atoms with Gasteiger partial charge in [0, 0.05) is 32.1 Å². The lowest BCUT2D eigenvalue weighted by Crippen LogP contribution is -2.48. The molecule has 262 valence electrons. The highest BCUT2D eigenvalue weighted by Crippen LogP contribution is 2.30. The number of hydrogen-bond donors (Lipinski definition) is 4. The number of unbranched alkanes of at least 4 members (excludes halogenated alkanes) is 1. The fourth-order valence-electron chi connectivity index (χ4n) is 6.97. The molecule has 0 unspecified atom stereocenters. The number of likely N-dealkylation sites (tertiary alicyclic amines) is 2. The molecule has 2 fully saturated rings. The van der Waals surface area contributed by atoms with E-state index in [9.17, 15) is 19.2 Å². The van der Waals surface area contributed by atoms with E-state index < -0.39 is 11.9 Å². The predicted molar refractivity (Wildman–Crippen MR) is 179 cm³/mol. The SMILES string of the molecule is Cc1noc2c1C(=O)N[C@@H](CCCCNC1CCN(C)CC1)C(=O)NCC[C@H]1CN(C(=O)OCc3ccccc3)CC[C@H]1CC(=O)NC2. The average molecular weight is 666 g/mol. The summed E-state index contributed by atoms with van der Waals surface area (Å²) in [7, 11) is 2.15. The molecule has 48 heavy (non-hydrogen) atoms.